The number of hydrogen-bond acceptors (Lipinski definition) is 6. The van der Waals surface area contributed by atoms with E-state index in [0.717, 1.165) is 0 Å². The van der Waals surface area contributed by atoms with E-state index in [1.54, 1.807) is 6.92 Å². The molecule has 3 atom stereocenters. The third-order valence-corrected chi connectivity index (χ3v) is 2.88. The fourth-order valence-electron chi connectivity index (χ4n) is 1.90. The molecule has 7 heteroatoms. The SMILES string of the molecule is C=C1C(O)[C@@H](CO)O[C@H]1n1ccc(OCC)nc1=O. The van der Waals surface area contributed by atoms with Gasteiger partial charge in [0.15, 0.2) is 6.23 Å². The largest absolute Gasteiger partial charge is 0.478 e. The highest BCUT2D eigenvalue weighted by molar-refractivity contribution is 5.16. The van der Waals surface area contributed by atoms with Crippen LogP contribution in [0.1, 0.15) is 13.2 Å². The van der Waals surface area contributed by atoms with E-state index < -0.39 is 24.1 Å². The van der Waals surface area contributed by atoms with Crippen LogP contribution in [0.4, 0.5) is 0 Å². The van der Waals surface area contributed by atoms with Crippen LogP contribution in [0.25, 0.3) is 0 Å². The standard InChI is InChI=1S/C12H16N2O5/c1-3-18-9-4-5-14(12(17)13-9)11-7(2)10(16)8(6-15)19-11/h4-5,8,10-11,15-16H,2-3,6H2,1H3/t8-,10?,11-/m1/s1. The Labute approximate surface area is 109 Å². The number of rotatable bonds is 4. The molecule has 0 aromatic carbocycles. The van der Waals surface area contributed by atoms with Crippen molar-refractivity contribution >= 4 is 0 Å². The van der Waals surface area contributed by atoms with Crippen molar-refractivity contribution in [1.29, 1.82) is 0 Å². The number of nitrogens with zero attached hydrogens (tertiary/aromatic N) is 2. The maximum atomic E-state index is 11.9. The first-order valence-corrected chi connectivity index (χ1v) is 5.93. The third kappa shape index (κ3) is 2.53. The molecule has 2 heterocycles. The highest BCUT2D eigenvalue weighted by Crippen LogP contribution is 2.31. The molecule has 1 unspecified atom stereocenters. The number of aromatic nitrogens is 2. The van der Waals surface area contributed by atoms with Gasteiger partial charge in [0.25, 0.3) is 0 Å². The highest BCUT2D eigenvalue weighted by atomic mass is 16.5. The van der Waals surface area contributed by atoms with Crippen molar-refractivity contribution in [3.05, 3.63) is 34.9 Å². The first-order chi connectivity index (χ1) is 9.08. The Bertz CT molecular complexity index is 527. The lowest BCUT2D eigenvalue weighted by Crippen LogP contribution is -2.28. The van der Waals surface area contributed by atoms with Crippen LogP contribution in [-0.2, 0) is 4.74 Å². The lowest BCUT2D eigenvalue weighted by Gasteiger charge is -2.14. The molecule has 0 radical (unpaired) electrons. The molecular weight excluding hydrogens is 252 g/mol. The van der Waals surface area contributed by atoms with Gasteiger partial charge in [-0.15, -0.1) is 0 Å². The van der Waals surface area contributed by atoms with Crippen LogP contribution < -0.4 is 10.4 Å². The molecule has 1 fully saturated rings. The molecule has 19 heavy (non-hydrogen) atoms. The van der Waals surface area contributed by atoms with E-state index in [1.165, 1.54) is 16.8 Å². The summed E-state index contributed by atoms with van der Waals surface area (Å²) < 4.78 is 11.7. The predicted octanol–water partition coefficient (Wildman–Crippen LogP) is -0.551. The molecule has 1 aromatic heterocycles. The molecule has 1 aliphatic rings. The van der Waals surface area contributed by atoms with Gasteiger partial charge in [-0.3, -0.25) is 4.57 Å². The Hall–Kier alpha value is -1.70. The molecule has 104 valence electrons. The van der Waals surface area contributed by atoms with Crippen molar-refractivity contribution in [3.8, 4) is 5.88 Å². The summed E-state index contributed by atoms with van der Waals surface area (Å²) in [5, 5.41) is 18.8. The van der Waals surface area contributed by atoms with Crippen molar-refractivity contribution in [2.75, 3.05) is 13.2 Å². The molecule has 0 saturated carbocycles. The second-order valence-electron chi connectivity index (χ2n) is 4.12. The molecule has 1 aliphatic heterocycles. The van der Waals surface area contributed by atoms with Crippen molar-refractivity contribution in [3.63, 3.8) is 0 Å². The van der Waals surface area contributed by atoms with Crippen LogP contribution in [0.2, 0.25) is 0 Å². The van der Waals surface area contributed by atoms with Crippen LogP contribution in [0, 0.1) is 0 Å². The molecule has 0 amide bonds. The fourth-order valence-corrected chi connectivity index (χ4v) is 1.90. The first kappa shape index (κ1) is 13.7. The van der Waals surface area contributed by atoms with E-state index in [2.05, 4.69) is 11.6 Å². The minimum absolute atomic E-state index is 0.228. The van der Waals surface area contributed by atoms with Gasteiger partial charge in [0.1, 0.15) is 12.2 Å². The van der Waals surface area contributed by atoms with Crippen molar-refractivity contribution in [2.24, 2.45) is 0 Å². The molecule has 0 spiro atoms. The van der Waals surface area contributed by atoms with Crippen molar-refractivity contribution in [1.82, 2.24) is 9.55 Å². The Balaban J connectivity index is 2.28. The van der Waals surface area contributed by atoms with Crippen LogP contribution in [0.3, 0.4) is 0 Å². The normalized spacial score (nSPS) is 26.7. The zero-order chi connectivity index (χ0) is 14.0. The summed E-state index contributed by atoms with van der Waals surface area (Å²) in [6.07, 6.45) is -1.16. The molecule has 1 saturated heterocycles. The minimum Gasteiger partial charge on any atom is -0.478 e. The Kier molecular flexibility index (Phi) is 3.98. The van der Waals surface area contributed by atoms with Gasteiger partial charge in [-0.25, -0.2) is 4.79 Å². The second-order valence-corrected chi connectivity index (χ2v) is 4.12. The molecule has 2 N–H and O–H groups in total. The summed E-state index contributed by atoms with van der Waals surface area (Å²) in [4.78, 5) is 15.6. The van der Waals surface area contributed by atoms with Gasteiger partial charge in [0.05, 0.1) is 13.2 Å². The van der Waals surface area contributed by atoms with E-state index in [9.17, 15) is 9.90 Å². The van der Waals surface area contributed by atoms with Crippen molar-refractivity contribution < 1.29 is 19.7 Å². The van der Waals surface area contributed by atoms with E-state index >= 15 is 0 Å². The summed E-state index contributed by atoms with van der Waals surface area (Å²) in [5.74, 6) is 0.228. The lowest BCUT2D eigenvalue weighted by atomic mass is 10.1. The van der Waals surface area contributed by atoms with Gasteiger partial charge in [-0.2, -0.15) is 4.98 Å². The van der Waals surface area contributed by atoms with E-state index in [0.29, 0.717) is 12.2 Å². The predicted molar refractivity (Wildman–Crippen MR) is 65.8 cm³/mol. The molecule has 0 bridgehead atoms. The Morgan fingerprint density at radius 2 is 2.37 bits per heavy atom. The van der Waals surface area contributed by atoms with Crippen LogP contribution >= 0.6 is 0 Å². The van der Waals surface area contributed by atoms with Crippen LogP contribution in [0.15, 0.2) is 29.2 Å². The molecule has 2 rings (SSSR count). The number of ether oxygens (including phenoxy) is 2. The van der Waals surface area contributed by atoms with Crippen LogP contribution in [0.5, 0.6) is 5.88 Å². The van der Waals surface area contributed by atoms with E-state index in [4.69, 9.17) is 14.6 Å². The smallest absolute Gasteiger partial charge is 0.353 e. The van der Waals surface area contributed by atoms with Gasteiger partial charge in [0.2, 0.25) is 5.88 Å². The number of aliphatic hydroxyl groups excluding tert-OH is 2. The number of aliphatic hydroxyl groups is 2. The Morgan fingerprint density at radius 3 is 2.89 bits per heavy atom. The van der Waals surface area contributed by atoms with Gasteiger partial charge in [-0.05, 0) is 6.92 Å². The van der Waals surface area contributed by atoms with Gasteiger partial charge >= 0.3 is 5.69 Å². The Morgan fingerprint density at radius 1 is 1.63 bits per heavy atom. The molecular formula is C12H16N2O5. The van der Waals surface area contributed by atoms with Gasteiger partial charge < -0.3 is 19.7 Å². The monoisotopic (exact) mass is 268 g/mol. The maximum absolute atomic E-state index is 11.9. The average Bonchev–Trinajstić information content (AvgIpc) is 2.67. The number of hydrogen-bond donors (Lipinski definition) is 2. The van der Waals surface area contributed by atoms with Gasteiger partial charge in [-0.1, -0.05) is 6.58 Å². The quantitative estimate of drug-likeness (QED) is 0.712. The van der Waals surface area contributed by atoms with Crippen LogP contribution in [-0.4, -0.2) is 45.2 Å². The zero-order valence-corrected chi connectivity index (χ0v) is 10.5. The lowest BCUT2D eigenvalue weighted by molar-refractivity contribution is -0.0448. The van der Waals surface area contributed by atoms with E-state index in [-0.39, 0.29) is 12.5 Å². The second kappa shape index (κ2) is 5.52. The van der Waals surface area contributed by atoms with E-state index in [1.807, 2.05) is 0 Å². The summed E-state index contributed by atoms with van der Waals surface area (Å²) in [6, 6.07) is 1.53. The zero-order valence-electron chi connectivity index (χ0n) is 10.5. The topological polar surface area (TPSA) is 93.8 Å². The summed E-state index contributed by atoms with van der Waals surface area (Å²) in [7, 11) is 0. The van der Waals surface area contributed by atoms with Crippen molar-refractivity contribution in [2.45, 2.75) is 25.4 Å². The minimum atomic E-state index is -1.01. The molecule has 7 nitrogen and oxygen atoms in total. The molecule has 0 aliphatic carbocycles. The summed E-state index contributed by atoms with van der Waals surface area (Å²) in [5.41, 5.74) is -0.255. The average molecular weight is 268 g/mol. The van der Waals surface area contributed by atoms with Gasteiger partial charge in [0, 0.05) is 17.8 Å². The molecule has 1 aromatic rings. The highest BCUT2D eigenvalue weighted by Gasteiger charge is 2.38. The third-order valence-electron chi connectivity index (χ3n) is 2.88. The fraction of sp³-hybridized carbons (Fsp3) is 0.500. The summed E-state index contributed by atoms with van der Waals surface area (Å²) >= 11 is 0. The first-order valence-electron chi connectivity index (χ1n) is 5.93. The summed E-state index contributed by atoms with van der Waals surface area (Å²) in [6.45, 7) is 5.54. The maximum Gasteiger partial charge on any atom is 0.353 e.